The van der Waals surface area contributed by atoms with E-state index in [4.69, 9.17) is 9.31 Å². The van der Waals surface area contributed by atoms with Crippen LogP contribution in [0.5, 0.6) is 0 Å². The summed E-state index contributed by atoms with van der Waals surface area (Å²) in [6.45, 7) is 8.44. The van der Waals surface area contributed by atoms with Gasteiger partial charge in [0.05, 0.1) is 11.2 Å². The molecule has 0 aliphatic carbocycles. The SMILES string of the molecule is CC1(C)OB(c2ccc3sc4ccc(-c5cc(N(c6ccccc6)c6ccc7ccccc7c6)cc6c5sc5ccccc56)cc4c3c2)OC1(C)C. The summed E-state index contributed by atoms with van der Waals surface area (Å²) in [7, 11) is -0.401. The maximum atomic E-state index is 6.47. The largest absolute Gasteiger partial charge is 0.494 e. The van der Waals surface area contributed by atoms with Gasteiger partial charge in [-0.3, -0.25) is 0 Å². The predicted molar refractivity (Wildman–Crippen MR) is 226 cm³/mol. The Labute approximate surface area is 311 Å². The van der Waals surface area contributed by atoms with Gasteiger partial charge in [-0.2, -0.15) is 0 Å². The number of anilines is 3. The molecule has 0 unspecified atom stereocenters. The van der Waals surface area contributed by atoms with Crippen LogP contribution < -0.4 is 10.4 Å². The summed E-state index contributed by atoms with van der Waals surface area (Å²) in [5, 5.41) is 7.50. The third-order valence-electron chi connectivity index (χ3n) is 11.1. The highest BCUT2D eigenvalue weighted by Gasteiger charge is 2.51. The van der Waals surface area contributed by atoms with Crippen LogP contribution in [0.15, 0.2) is 146 Å². The van der Waals surface area contributed by atoms with Gasteiger partial charge < -0.3 is 14.2 Å². The summed E-state index contributed by atoms with van der Waals surface area (Å²) in [6, 6.07) is 53.3. The summed E-state index contributed by atoms with van der Waals surface area (Å²) in [5.41, 5.74) is 6.10. The Morgan fingerprint density at radius 2 is 1.15 bits per heavy atom. The number of fused-ring (bicyclic) bond motifs is 7. The first-order valence-corrected chi connectivity index (χ1v) is 19.5. The highest BCUT2D eigenvalue weighted by molar-refractivity contribution is 7.26. The van der Waals surface area contributed by atoms with Gasteiger partial charge >= 0.3 is 7.12 Å². The van der Waals surface area contributed by atoms with Gasteiger partial charge in [0, 0.05) is 57.6 Å². The van der Waals surface area contributed by atoms with Crippen molar-refractivity contribution in [2.75, 3.05) is 4.90 Å². The molecule has 0 N–H and O–H groups in total. The van der Waals surface area contributed by atoms with Crippen molar-refractivity contribution in [3.8, 4) is 11.1 Å². The van der Waals surface area contributed by atoms with E-state index < -0.39 is 18.3 Å². The molecular formula is C46H36BNO2S2. The topological polar surface area (TPSA) is 21.7 Å². The Bertz CT molecular complexity index is 2820. The molecule has 10 rings (SSSR count). The van der Waals surface area contributed by atoms with E-state index in [0.29, 0.717) is 0 Å². The first-order valence-electron chi connectivity index (χ1n) is 17.8. The minimum Gasteiger partial charge on any atom is -0.399 e. The molecule has 0 bridgehead atoms. The molecule has 0 saturated carbocycles. The van der Waals surface area contributed by atoms with Gasteiger partial charge in [-0.05, 0) is 116 Å². The average molecular weight is 710 g/mol. The number of hydrogen-bond acceptors (Lipinski definition) is 5. The highest BCUT2D eigenvalue weighted by Crippen LogP contribution is 2.47. The third kappa shape index (κ3) is 5.08. The molecule has 52 heavy (non-hydrogen) atoms. The van der Waals surface area contributed by atoms with Gasteiger partial charge in [-0.1, -0.05) is 84.9 Å². The number of para-hydroxylation sites is 1. The van der Waals surface area contributed by atoms with E-state index in [-0.39, 0.29) is 0 Å². The number of thiophene rings is 2. The lowest BCUT2D eigenvalue weighted by Crippen LogP contribution is -2.41. The molecule has 9 aromatic rings. The first-order chi connectivity index (χ1) is 25.2. The van der Waals surface area contributed by atoms with Crippen molar-refractivity contribution in [2.24, 2.45) is 0 Å². The molecule has 3 nitrogen and oxygen atoms in total. The van der Waals surface area contributed by atoms with Crippen molar-refractivity contribution in [1.82, 2.24) is 0 Å². The number of rotatable bonds is 5. The van der Waals surface area contributed by atoms with Crippen LogP contribution in [0.3, 0.4) is 0 Å². The van der Waals surface area contributed by atoms with Crippen molar-refractivity contribution in [2.45, 2.75) is 38.9 Å². The molecule has 6 heteroatoms. The van der Waals surface area contributed by atoms with Gasteiger partial charge in [0.15, 0.2) is 0 Å². The second-order valence-corrected chi connectivity index (χ2v) is 17.0. The molecule has 0 amide bonds. The van der Waals surface area contributed by atoms with Crippen molar-refractivity contribution < 1.29 is 9.31 Å². The fraction of sp³-hybridized carbons (Fsp3) is 0.130. The molecular weight excluding hydrogens is 673 g/mol. The maximum Gasteiger partial charge on any atom is 0.494 e. The normalized spacial score (nSPS) is 15.4. The Morgan fingerprint density at radius 3 is 1.96 bits per heavy atom. The van der Waals surface area contributed by atoms with Crippen LogP contribution in [0.2, 0.25) is 0 Å². The zero-order valence-electron chi connectivity index (χ0n) is 29.5. The molecule has 1 aliphatic rings. The second kappa shape index (κ2) is 11.8. The van der Waals surface area contributed by atoms with Crippen LogP contribution in [0.4, 0.5) is 17.1 Å². The lowest BCUT2D eigenvalue weighted by Gasteiger charge is -2.32. The lowest BCUT2D eigenvalue weighted by atomic mass is 9.78. The van der Waals surface area contributed by atoms with E-state index in [9.17, 15) is 0 Å². The Balaban J connectivity index is 1.18. The van der Waals surface area contributed by atoms with Gasteiger partial charge in [0.2, 0.25) is 0 Å². The number of hydrogen-bond donors (Lipinski definition) is 0. The Hall–Kier alpha value is -4.98. The number of benzene rings is 7. The smallest absolute Gasteiger partial charge is 0.399 e. The van der Waals surface area contributed by atoms with Crippen LogP contribution in [0, 0.1) is 0 Å². The molecule has 1 saturated heterocycles. The summed E-state index contributed by atoms with van der Waals surface area (Å²) in [6.07, 6.45) is 0. The predicted octanol–water partition coefficient (Wildman–Crippen LogP) is 13.0. The highest BCUT2D eigenvalue weighted by atomic mass is 32.1. The van der Waals surface area contributed by atoms with Crippen molar-refractivity contribution >= 4 is 103 Å². The Kier molecular flexibility index (Phi) is 7.18. The van der Waals surface area contributed by atoms with Crippen LogP contribution in [-0.4, -0.2) is 18.3 Å². The maximum absolute atomic E-state index is 6.47. The van der Waals surface area contributed by atoms with Crippen molar-refractivity contribution in [3.63, 3.8) is 0 Å². The van der Waals surface area contributed by atoms with Gasteiger partial charge in [0.25, 0.3) is 0 Å². The zero-order chi connectivity index (χ0) is 35.2. The average Bonchev–Trinajstić information content (AvgIpc) is 3.79. The fourth-order valence-electron chi connectivity index (χ4n) is 7.58. The number of nitrogens with zero attached hydrogens (tertiary/aromatic N) is 1. The van der Waals surface area contributed by atoms with E-state index in [2.05, 4.69) is 178 Å². The summed E-state index contributed by atoms with van der Waals surface area (Å²) >= 11 is 3.72. The summed E-state index contributed by atoms with van der Waals surface area (Å²) in [5.74, 6) is 0. The van der Waals surface area contributed by atoms with E-state index in [1.54, 1.807) is 0 Å². The summed E-state index contributed by atoms with van der Waals surface area (Å²) in [4.78, 5) is 2.40. The minimum absolute atomic E-state index is 0.391. The summed E-state index contributed by atoms with van der Waals surface area (Å²) < 4.78 is 18.1. The molecule has 0 radical (unpaired) electrons. The van der Waals surface area contributed by atoms with E-state index in [1.807, 2.05) is 22.7 Å². The van der Waals surface area contributed by atoms with Crippen LogP contribution >= 0.6 is 22.7 Å². The molecule has 0 spiro atoms. The standard InChI is InChI=1S/C46H36BNO2S2/c1-45(2)46(3,4)50-47(49-45)32-20-23-43-39(26-32)38-25-31(19-22-42(38)51-43)37-27-35(28-40-36-16-10-11-17-41(36)52-44(37)40)48(33-14-6-5-7-15-33)34-21-18-29-12-8-9-13-30(29)24-34/h5-28H,1-4H3. The fourth-order valence-corrected chi connectivity index (χ4v) is 9.87. The first kappa shape index (κ1) is 31.7. The van der Waals surface area contributed by atoms with Gasteiger partial charge in [-0.15, -0.1) is 22.7 Å². The quantitative estimate of drug-likeness (QED) is 0.166. The molecule has 3 heterocycles. The monoisotopic (exact) mass is 709 g/mol. The van der Waals surface area contributed by atoms with E-state index in [0.717, 1.165) is 22.5 Å². The van der Waals surface area contributed by atoms with Gasteiger partial charge in [0.1, 0.15) is 0 Å². The molecule has 0 atom stereocenters. The molecule has 1 aliphatic heterocycles. The second-order valence-electron chi connectivity index (χ2n) is 14.8. The lowest BCUT2D eigenvalue weighted by molar-refractivity contribution is 0.00578. The van der Waals surface area contributed by atoms with Crippen LogP contribution in [0.1, 0.15) is 27.7 Å². The minimum atomic E-state index is -0.401. The Morgan fingerprint density at radius 1 is 0.481 bits per heavy atom. The third-order valence-corrected chi connectivity index (χ3v) is 13.4. The molecule has 1 fully saturated rings. The van der Waals surface area contributed by atoms with Gasteiger partial charge in [-0.25, -0.2) is 0 Å². The zero-order valence-corrected chi connectivity index (χ0v) is 31.1. The van der Waals surface area contributed by atoms with Crippen molar-refractivity contribution in [3.05, 3.63) is 146 Å². The molecule has 7 aromatic carbocycles. The molecule has 2 aromatic heterocycles. The van der Waals surface area contributed by atoms with Crippen molar-refractivity contribution in [1.29, 1.82) is 0 Å². The van der Waals surface area contributed by atoms with E-state index >= 15 is 0 Å². The van der Waals surface area contributed by atoms with E-state index in [1.165, 1.54) is 62.2 Å². The van der Waals surface area contributed by atoms with Crippen LogP contribution in [0.25, 0.3) is 62.2 Å². The van der Waals surface area contributed by atoms with Crippen LogP contribution in [-0.2, 0) is 9.31 Å². The molecule has 252 valence electrons.